The molecule has 0 amide bonds. The van der Waals surface area contributed by atoms with Gasteiger partial charge in [-0.2, -0.15) is 0 Å². The largest absolute Gasteiger partial charge is 0.402 e. The van der Waals surface area contributed by atoms with Gasteiger partial charge < -0.3 is 10.2 Å². The van der Waals surface area contributed by atoms with E-state index in [1.54, 1.807) is 6.07 Å². The third-order valence-electron chi connectivity index (χ3n) is 4.23. The molecule has 0 aliphatic carbocycles. The van der Waals surface area contributed by atoms with Gasteiger partial charge in [0.25, 0.3) is 5.56 Å². The van der Waals surface area contributed by atoms with Crippen LogP contribution in [-0.2, 0) is 13.2 Å². The van der Waals surface area contributed by atoms with Crippen molar-refractivity contribution in [2.24, 2.45) is 0 Å². The van der Waals surface area contributed by atoms with Gasteiger partial charge >= 0.3 is 0 Å². The van der Waals surface area contributed by atoms with Crippen molar-refractivity contribution in [3.8, 4) is 0 Å². The van der Waals surface area contributed by atoms with Crippen molar-refractivity contribution in [1.82, 2.24) is 9.71 Å². The third kappa shape index (κ3) is 3.82. The summed E-state index contributed by atoms with van der Waals surface area (Å²) in [7, 11) is 0. The fourth-order valence-electron chi connectivity index (χ4n) is 2.84. The topological polar surface area (TPSA) is 56.2 Å². The number of fused-ring (bicyclic) bond motifs is 1. The number of rotatable bonds is 6. The summed E-state index contributed by atoms with van der Waals surface area (Å²) in [5, 5.41) is 3.75. The molecule has 0 saturated carbocycles. The third-order valence-corrected chi connectivity index (χ3v) is 4.23. The summed E-state index contributed by atoms with van der Waals surface area (Å²) in [5.41, 5.74) is 2.48. The quantitative estimate of drug-likeness (QED) is 0.572. The van der Waals surface area contributed by atoms with E-state index in [4.69, 9.17) is 4.84 Å². The number of hydrogen-bond donors (Lipinski definition) is 1. The summed E-state index contributed by atoms with van der Waals surface area (Å²) in [5.74, 6) is 0.387. The SMILES string of the molecule is O=c1c2ccccc2nc(NCc2ccccc2)n1OCc1ccccc1. The van der Waals surface area contributed by atoms with E-state index in [0.717, 1.165) is 11.1 Å². The lowest BCUT2D eigenvalue weighted by molar-refractivity contribution is 0.0927. The van der Waals surface area contributed by atoms with Crippen molar-refractivity contribution in [3.05, 3.63) is 106 Å². The van der Waals surface area contributed by atoms with Crippen LogP contribution in [0.15, 0.2) is 89.7 Å². The number of hydrogen-bond acceptors (Lipinski definition) is 4. The van der Waals surface area contributed by atoms with E-state index in [0.29, 0.717) is 23.4 Å². The zero-order valence-electron chi connectivity index (χ0n) is 14.7. The normalized spacial score (nSPS) is 10.7. The Bertz CT molecular complexity index is 1090. The molecule has 0 saturated heterocycles. The Morgan fingerprint density at radius 1 is 0.815 bits per heavy atom. The average molecular weight is 357 g/mol. The number of anilines is 1. The van der Waals surface area contributed by atoms with Gasteiger partial charge in [0.2, 0.25) is 5.95 Å². The zero-order valence-corrected chi connectivity index (χ0v) is 14.7. The molecule has 134 valence electrons. The van der Waals surface area contributed by atoms with Gasteiger partial charge in [0, 0.05) is 6.54 Å². The Labute approximate surface area is 156 Å². The molecule has 1 N–H and O–H groups in total. The van der Waals surface area contributed by atoms with Crippen LogP contribution in [0.2, 0.25) is 0 Å². The highest BCUT2D eigenvalue weighted by atomic mass is 16.7. The van der Waals surface area contributed by atoms with Crippen LogP contribution in [0.25, 0.3) is 10.9 Å². The van der Waals surface area contributed by atoms with Crippen molar-refractivity contribution in [2.75, 3.05) is 5.32 Å². The van der Waals surface area contributed by atoms with Crippen LogP contribution >= 0.6 is 0 Å². The summed E-state index contributed by atoms with van der Waals surface area (Å²) in [6.45, 7) is 0.821. The minimum Gasteiger partial charge on any atom is -0.402 e. The highest BCUT2D eigenvalue weighted by Crippen LogP contribution is 2.12. The van der Waals surface area contributed by atoms with Gasteiger partial charge in [0.05, 0.1) is 10.9 Å². The van der Waals surface area contributed by atoms with Crippen molar-refractivity contribution in [1.29, 1.82) is 0 Å². The van der Waals surface area contributed by atoms with Gasteiger partial charge in [-0.1, -0.05) is 72.8 Å². The lowest BCUT2D eigenvalue weighted by atomic mass is 10.2. The second-order valence-electron chi connectivity index (χ2n) is 6.15. The molecule has 4 aromatic rings. The van der Waals surface area contributed by atoms with Gasteiger partial charge in [0.15, 0.2) is 0 Å². The molecule has 3 aromatic carbocycles. The maximum Gasteiger partial charge on any atom is 0.295 e. The molecule has 0 aliphatic heterocycles. The molecule has 0 fully saturated rings. The van der Waals surface area contributed by atoms with Gasteiger partial charge in [-0.3, -0.25) is 4.79 Å². The van der Waals surface area contributed by atoms with Crippen LogP contribution in [-0.4, -0.2) is 9.71 Å². The van der Waals surface area contributed by atoms with E-state index in [9.17, 15) is 4.79 Å². The smallest absolute Gasteiger partial charge is 0.295 e. The van der Waals surface area contributed by atoms with E-state index in [1.807, 2.05) is 78.9 Å². The monoisotopic (exact) mass is 357 g/mol. The Morgan fingerprint density at radius 2 is 1.44 bits per heavy atom. The zero-order chi connectivity index (χ0) is 18.5. The molecule has 0 radical (unpaired) electrons. The number of aromatic nitrogens is 2. The van der Waals surface area contributed by atoms with Crippen LogP contribution < -0.4 is 15.7 Å². The summed E-state index contributed by atoms with van der Waals surface area (Å²) in [4.78, 5) is 23.4. The van der Waals surface area contributed by atoms with Gasteiger partial charge in [-0.25, -0.2) is 4.98 Å². The van der Waals surface area contributed by atoms with Crippen LogP contribution in [0.4, 0.5) is 5.95 Å². The van der Waals surface area contributed by atoms with E-state index in [1.165, 1.54) is 4.73 Å². The first-order valence-corrected chi connectivity index (χ1v) is 8.78. The Morgan fingerprint density at radius 3 is 2.19 bits per heavy atom. The van der Waals surface area contributed by atoms with E-state index in [2.05, 4.69) is 10.3 Å². The molecular weight excluding hydrogens is 338 g/mol. The fraction of sp³-hybridized carbons (Fsp3) is 0.0909. The van der Waals surface area contributed by atoms with E-state index < -0.39 is 0 Å². The minimum absolute atomic E-state index is 0.230. The number of benzene rings is 3. The highest BCUT2D eigenvalue weighted by Gasteiger charge is 2.12. The first-order valence-electron chi connectivity index (χ1n) is 8.78. The molecule has 0 bridgehead atoms. The molecule has 5 heteroatoms. The fourth-order valence-corrected chi connectivity index (χ4v) is 2.84. The summed E-state index contributed by atoms with van der Waals surface area (Å²) < 4.78 is 1.25. The first kappa shape index (κ1) is 16.8. The maximum atomic E-state index is 12.9. The summed E-state index contributed by atoms with van der Waals surface area (Å²) in [6.07, 6.45) is 0. The molecule has 0 spiro atoms. The van der Waals surface area contributed by atoms with E-state index >= 15 is 0 Å². The molecule has 1 aromatic heterocycles. The van der Waals surface area contributed by atoms with Crippen LogP contribution in [0.3, 0.4) is 0 Å². The molecule has 0 atom stereocenters. The molecule has 27 heavy (non-hydrogen) atoms. The lowest BCUT2D eigenvalue weighted by Crippen LogP contribution is -2.30. The summed E-state index contributed by atoms with van der Waals surface area (Å²) >= 11 is 0. The van der Waals surface area contributed by atoms with Gasteiger partial charge in [-0.05, 0) is 23.3 Å². The highest BCUT2D eigenvalue weighted by molar-refractivity contribution is 5.78. The Kier molecular flexibility index (Phi) is 4.83. The van der Waals surface area contributed by atoms with E-state index in [-0.39, 0.29) is 12.2 Å². The average Bonchev–Trinajstić information content (AvgIpc) is 2.73. The second kappa shape index (κ2) is 7.74. The molecule has 1 heterocycles. The van der Waals surface area contributed by atoms with Crippen molar-refractivity contribution in [2.45, 2.75) is 13.2 Å². The first-order chi connectivity index (χ1) is 13.3. The Balaban J connectivity index is 1.67. The molecule has 0 unspecified atom stereocenters. The number of nitrogens with zero attached hydrogens (tertiary/aromatic N) is 2. The standard InChI is InChI=1S/C22H19N3O2/c26-21-19-13-7-8-14-20(19)24-22(23-15-17-9-3-1-4-10-17)25(21)27-16-18-11-5-2-6-12-18/h1-14H,15-16H2,(H,23,24). The van der Waals surface area contributed by atoms with Crippen molar-refractivity contribution < 1.29 is 4.84 Å². The lowest BCUT2D eigenvalue weighted by Gasteiger charge is -2.15. The molecular formula is C22H19N3O2. The van der Waals surface area contributed by atoms with Crippen LogP contribution in [0.1, 0.15) is 11.1 Å². The Hall–Kier alpha value is -3.60. The van der Waals surface area contributed by atoms with Crippen LogP contribution in [0, 0.1) is 0 Å². The predicted octanol–water partition coefficient (Wildman–Crippen LogP) is 3.64. The van der Waals surface area contributed by atoms with Gasteiger partial charge in [-0.15, -0.1) is 4.73 Å². The number of para-hydroxylation sites is 1. The minimum atomic E-state index is -0.230. The van der Waals surface area contributed by atoms with Gasteiger partial charge in [0.1, 0.15) is 6.61 Å². The van der Waals surface area contributed by atoms with Crippen LogP contribution in [0.5, 0.6) is 0 Å². The second-order valence-corrected chi connectivity index (χ2v) is 6.15. The molecule has 4 rings (SSSR count). The van der Waals surface area contributed by atoms with Crippen molar-refractivity contribution in [3.63, 3.8) is 0 Å². The van der Waals surface area contributed by atoms with Crippen molar-refractivity contribution >= 4 is 16.9 Å². The number of nitrogens with one attached hydrogen (secondary N) is 1. The predicted molar refractivity (Wildman–Crippen MR) is 106 cm³/mol. The summed E-state index contributed by atoms with van der Waals surface area (Å²) in [6, 6.07) is 27.0. The molecule has 0 aliphatic rings. The molecule has 5 nitrogen and oxygen atoms in total. The maximum absolute atomic E-state index is 12.9.